The van der Waals surface area contributed by atoms with Crippen LogP contribution in [-0.4, -0.2) is 35.7 Å². The van der Waals surface area contributed by atoms with Crippen molar-refractivity contribution in [1.82, 2.24) is 5.32 Å². The molecule has 0 rings (SSSR count). The first-order valence-electron chi connectivity index (χ1n) is 5.98. The average molecular weight is 259 g/mol. The summed E-state index contributed by atoms with van der Waals surface area (Å²) in [5.41, 5.74) is -2.06. The second-order valence-corrected chi connectivity index (χ2v) is 6.56. The summed E-state index contributed by atoms with van der Waals surface area (Å²) in [5.74, 6) is 0. The molecule has 0 heterocycles. The van der Waals surface area contributed by atoms with Crippen molar-refractivity contribution in [1.29, 1.82) is 0 Å². The maximum atomic E-state index is 11.6. The molecule has 0 saturated carbocycles. The molecule has 0 aromatic carbocycles. The van der Waals surface area contributed by atoms with E-state index in [1.807, 2.05) is 20.8 Å². The molecule has 1 unspecified atom stereocenters. The smallest absolute Gasteiger partial charge is 0.408 e. The van der Waals surface area contributed by atoms with E-state index in [-0.39, 0.29) is 12.2 Å². The van der Waals surface area contributed by atoms with Crippen LogP contribution in [0.25, 0.3) is 0 Å². The van der Waals surface area contributed by atoms with E-state index in [1.54, 1.807) is 27.7 Å². The third-order valence-electron chi connectivity index (χ3n) is 1.85. The Bertz CT molecular complexity index is 301. The van der Waals surface area contributed by atoms with Crippen molar-refractivity contribution in [3.05, 3.63) is 0 Å². The molecule has 1 atom stereocenters. The molecule has 0 spiro atoms. The Labute approximate surface area is 109 Å². The van der Waals surface area contributed by atoms with Gasteiger partial charge in [0.25, 0.3) is 0 Å². The van der Waals surface area contributed by atoms with E-state index in [9.17, 15) is 9.59 Å². The molecule has 0 aliphatic carbocycles. The lowest BCUT2D eigenvalue weighted by molar-refractivity contribution is -0.118. The minimum absolute atomic E-state index is 0.0965. The number of amides is 1. The maximum Gasteiger partial charge on any atom is 0.408 e. The summed E-state index contributed by atoms with van der Waals surface area (Å²) in [4.78, 5) is 22.7. The molecule has 0 aliphatic heterocycles. The fraction of sp³-hybridized carbons (Fsp3) is 0.846. The van der Waals surface area contributed by atoms with Gasteiger partial charge in [-0.05, 0) is 48.5 Å². The molecule has 1 N–H and O–H groups in total. The molecule has 5 heteroatoms. The molecule has 1 amide bonds. The second-order valence-electron chi connectivity index (χ2n) is 6.56. The summed E-state index contributed by atoms with van der Waals surface area (Å²) in [6.45, 7) is 12.6. The highest BCUT2D eigenvalue weighted by Gasteiger charge is 2.30. The van der Waals surface area contributed by atoms with Gasteiger partial charge in [-0.2, -0.15) is 0 Å². The SMILES string of the molecule is CC(C=O)(COC(C)(C)C)NC(=O)OC(C)(C)C. The molecule has 0 aromatic rings. The van der Waals surface area contributed by atoms with E-state index in [4.69, 9.17) is 9.47 Å². The zero-order valence-corrected chi connectivity index (χ0v) is 12.4. The van der Waals surface area contributed by atoms with Crippen molar-refractivity contribution in [3.8, 4) is 0 Å². The van der Waals surface area contributed by atoms with E-state index in [2.05, 4.69) is 5.32 Å². The van der Waals surface area contributed by atoms with Crippen LogP contribution in [0.1, 0.15) is 48.5 Å². The number of alkyl carbamates (subject to hydrolysis) is 1. The van der Waals surface area contributed by atoms with E-state index >= 15 is 0 Å². The topological polar surface area (TPSA) is 64.6 Å². The highest BCUT2D eigenvalue weighted by atomic mass is 16.6. The molecule has 0 bridgehead atoms. The zero-order valence-electron chi connectivity index (χ0n) is 12.4. The highest BCUT2D eigenvalue weighted by Crippen LogP contribution is 2.13. The largest absolute Gasteiger partial charge is 0.444 e. The summed E-state index contributed by atoms with van der Waals surface area (Å²) in [5, 5.41) is 2.52. The highest BCUT2D eigenvalue weighted by molar-refractivity contribution is 5.76. The first-order chi connectivity index (χ1) is 7.87. The maximum absolute atomic E-state index is 11.6. The predicted octanol–water partition coefficient (Wildman–Crippen LogP) is 2.28. The summed E-state index contributed by atoms with van der Waals surface area (Å²) in [6, 6.07) is 0. The van der Waals surface area contributed by atoms with Gasteiger partial charge in [-0.1, -0.05) is 0 Å². The number of ether oxygens (including phenoxy) is 2. The van der Waals surface area contributed by atoms with Crippen LogP contribution in [0.5, 0.6) is 0 Å². The Hall–Kier alpha value is -1.10. The van der Waals surface area contributed by atoms with Gasteiger partial charge in [0.15, 0.2) is 0 Å². The lowest BCUT2D eigenvalue weighted by Crippen LogP contribution is -2.53. The monoisotopic (exact) mass is 259 g/mol. The van der Waals surface area contributed by atoms with Gasteiger partial charge in [0.2, 0.25) is 0 Å². The Morgan fingerprint density at radius 1 is 1.06 bits per heavy atom. The molecular weight excluding hydrogens is 234 g/mol. The fourth-order valence-corrected chi connectivity index (χ4v) is 1.00. The fourth-order valence-electron chi connectivity index (χ4n) is 1.00. The molecule has 18 heavy (non-hydrogen) atoms. The molecule has 5 nitrogen and oxygen atoms in total. The van der Waals surface area contributed by atoms with Crippen molar-refractivity contribution < 1.29 is 19.1 Å². The number of aldehydes is 1. The van der Waals surface area contributed by atoms with Crippen LogP contribution in [0.2, 0.25) is 0 Å². The van der Waals surface area contributed by atoms with E-state index < -0.39 is 17.2 Å². The quantitative estimate of drug-likeness (QED) is 0.787. The Kier molecular flexibility index (Phi) is 5.35. The Morgan fingerprint density at radius 3 is 1.89 bits per heavy atom. The molecule has 0 aromatic heterocycles. The molecule has 0 radical (unpaired) electrons. The van der Waals surface area contributed by atoms with Crippen LogP contribution < -0.4 is 5.32 Å². The third-order valence-corrected chi connectivity index (χ3v) is 1.85. The van der Waals surface area contributed by atoms with Crippen molar-refractivity contribution in [2.24, 2.45) is 0 Å². The van der Waals surface area contributed by atoms with E-state index in [1.165, 1.54) is 0 Å². The van der Waals surface area contributed by atoms with Gasteiger partial charge in [-0.25, -0.2) is 4.79 Å². The van der Waals surface area contributed by atoms with Gasteiger partial charge < -0.3 is 19.6 Å². The van der Waals surface area contributed by atoms with Gasteiger partial charge in [0.05, 0.1) is 12.2 Å². The molecule has 106 valence electrons. The summed E-state index contributed by atoms with van der Waals surface area (Å²) in [7, 11) is 0. The number of carbonyl (C=O) groups is 2. The van der Waals surface area contributed by atoms with Crippen molar-refractivity contribution in [2.75, 3.05) is 6.61 Å². The standard InChI is InChI=1S/C13H25NO4/c1-11(2,3)17-9-13(7,8-15)14-10(16)18-12(4,5)6/h8H,9H2,1-7H3,(H,14,16). The normalized spacial score (nSPS) is 15.7. The van der Waals surface area contributed by atoms with Crippen LogP contribution in [-0.2, 0) is 14.3 Å². The summed E-state index contributed by atoms with van der Waals surface area (Å²) >= 11 is 0. The predicted molar refractivity (Wildman–Crippen MR) is 69.5 cm³/mol. The van der Waals surface area contributed by atoms with Crippen LogP contribution in [0.15, 0.2) is 0 Å². The van der Waals surface area contributed by atoms with Crippen molar-refractivity contribution in [3.63, 3.8) is 0 Å². The third kappa shape index (κ3) is 8.06. The van der Waals surface area contributed by atoms with Crippen molar-refractivity contribution in [2.45, 2.75) is 65.2 Å². The molecule has 0 fully saturated rings. The number of hydrogen-bond acceptors (Lipinski definition) is 4. The number of hydrogen-bond donors (Lipinski definition) is 1. The Balaban J connectivity index is 4.48. The molecular formula is C13H25NO4. The van der Waals surface area contributed by atoms with E-state index in [0.29, 0.717) is 6.29 Å². The average Bonchev–Trinajstić information content (AvgIpc) is 2.10. The van der Waals surface area contributed by atoms with Crippen molar-refractivity contribution >= 4 is 12.4 Å². The summed E-state index contributed by atoms with van der Waals surface area (Å²) in [6.07, 6.45) is 0.0254. The number of nitrogens with one attached hydrogen (secondary N) is 1. The molecule has 0 saturated heterocycles. The lowest BCUT2D eigenvalue weighted by Gasteiger charge is -2.30. The first kappa shape index (κ1) is 16.9. The van der Waals surface area contributed by atoms with Crippen LogP contribution in [0, 0.1) is 0 Å². The zero-order chi connectivity index (χ0) is 14.6. The minimum Gasteiger partial charge on any atom is -0.444 e. The van der Waals surface area contributed by atoms with E-state index in [0.717, 1.165) is 0 Å². The van der Waals surface area contributed by atoms with Crippen LogP contribution in [0.4, 0.5) is 4.79 Å². The minimum atomic E-state index is -1.09. The number of carbonyl (C=O) groups excluding carboxylic acids is 2. The van der Waals surface area contributed by atoms with Gasteiger partial charge in [-0.15, -0.1) is 0 Å². The van der Waals surface area contributed by atoms with Gasteiger partial charge in [-0.3, -0.25) is 0 Å². The van der Waals surface area contributed by atoms with Gasteiger partial charge >= 0.3 is 6.09 Å². The lowest BCUT2D eigenvalue weighted by atomic mass is 10.1. The second kappa shape index (κ2) is 5.69. The molecule has 0 aliphatic rings. The number of rotatable bonds is 4. The Morgan fingerprint density at radius 2 is 1.56 bits per heavy atom. The summed E-state index contributed by atoms with van der Waals surface area (Å²) < 4.78 is 10.6. The van der Waals surface area contributed by atoms with Gasteiger partial charge in [0.1, 0.15) is 17.4 Å². The van der Waals surface area contributed by atoms with Crippen LogP contribution in [0.3, 0.4) is 0 Å². The van der Waals surface area contributed by atoms with Crippen LogP contribution >= 0.6 is 0 Å². The first-order valence-corrected chi connectivity index (χ1v) is 5.98. The van der Waals surface area contributed by atoms with Gasteiger partial charge in [0, 0.05) is 0 Å².